The van der Waals surface area contributed by atoms with Gasteiger partial charge >= 0.3 is 6.03 Å². The van der Waals surface area contributed by atoms with Crippen molar-refractivity contribution < 1.29 is 4.79 Å². The number of carbonyl (C=O) groups excluding carboxylic acids is 1. The molecule has 2 amide bonds. The van der Waals surface area contributed by atoms with Crippen molar-refractivity contribution in [2.75, 3.05) is 11.9 Å². The zero-order chi connectivity index (χ0) is 16.9. The van der Waals surface area contributed by atoms with E-state index in [1.54, 1.807) is 0 Å². The van der Waals surface area contributed by atoms with Crippen molar-refractivity contribution in [2.24, 2.45) is 0 Å². The summed E-state index contributed by atoms with van der Waals surface area (Å²) in [5.41, 5.74) is 3.18. The molecule has 5 heteroatoms. The maximum atomic E-state index is 12.2. The SMILES string of the molecule is Cc1cccc2cc(CCNC(=O)Nc3ccccc3)c(=O)[nH]c12. The molecule has 122 valence electrons. The van der Waals surface area contributed by atoms with Gasteiger partial charge in [0.05, 0.1) is 5.52 Å². The van der Waals surface area contributed by atoms with E-state index >= 15 is 0 Å². The highest BCUT2D eigenvalue weighted by molar-refractivity contribution is 5.89. The van der Waals surface area contributed by atoms with Crippen molar-refractivity contribution in [3.8, 4) is 0 Å². The number of fused-ring (bicyclic) bond motifs is 1. The summed E-state index contributed by atoms with van der Waals surface area (Å²) in [5.74, 6) is 0. The van der Waals surface area contributed by atoms with Crippen LogP contribution in [0.3, 0.4) is 0 Å². The van der Waals surface area contributed by atoms with Gasteiger partial charge in [-0.05, 0) is 42.5 Å². The molecule has 0 fully saturated rings. The van der Waals surface area contributed by atoms with Crippen LogP contribution in [0.4, 0.5) is 10.5 Å². The van der Waals surface area contributed by atoms with Crippen molar-refractivity contribution >= 4 is 22.6 Å². The number of benzene rings is 2. The minimum Gasteiger partial charge on any atom is -0.338 e. The molecule has 3 rings (SSSR count). The zero-order valence-corrected chi connectivity index (χ0v) is 13.4. The molecule has 2 aromatic carbocycles. The number of anilines is 1. The molecule has 5 nitrogen and oxygen atoms in total. The first-order chi connectivity index (χ1) is 11.6. The van der Waals surface area contributed by atoms with Crippen LogP contribution in [-0.4, -0.2) is 17.6 Å². The smallest absolute Gasteiger partial charge is 0.319 e. The van der Waals surface area contributed by atoms with Crippen LogP contribution in [0.25, 0.3) is 10.9 Å². The minimum absolute atomic E-state index is 0.109. The highest BCUT2D eigenvalue weighted by atomic mass is 16.2. The molecule has 0 saturated carbocycles. The Morgan fingerprint density at radius 2 is 1.88 bits per heavy atom. The second kappa shape index (κ2) is 7.00. The number of hydrogen-bond donors (Lipinski definition) is 3. The average Bonchev–Trinajstić information content (AvgIpc) is 2.57. The Bertz CT molecular complexity index is 917. The van der Waals surface area contributed by atoms with Crippen LogP contribution in [0.2, 0.25) is 0 Å². The molecule has 1 heterocycles. The molecule has 0 unspecified atom stereocenters. The monoisotopic (exact) mass is 321 g/mol. The number of carbonyl (C=O) groups is 1. The van der Waals surface area contributed by atoms with Crippen molar-refractivity contribution in [1.82, 2.24) is 10.3 Å². The molecule has 0 saturated heterocycles. The first-order valence-corrected chi connectivity index (χ1v) is 7.85. The molecule has 3 aromatic rings. The van der Waals surface area contributed by atoms with Gasteiger partial charge in [0.25, 0.3) is 5.56 Å². The number of aryl methyl sites for hydroxylation is 1. The Balaban J connectivity index is 1.62. The molecular formula is C19H19N3O2. The van der Waals surface area contributed by atoms with Gasteiger partial charge in [-0.2, -0.15) is 0 Å². The van der Waals surface area contributed by atoms with E-state index in [1.807, 2.05) is 61.5 Å². The van der Waals surface area contributed by atoms with Crippen LogP contribution < -0.4 is 16.2 Å². The third-order valence-corrected chi connectivity index (χ3v) is 3.88. The van der Waals surface area contributed by atoms with E-state index in [0.717, 1.165) is 22.2 Å². The number of aromatic nitrogens is 1. The third kappa shape index (κ3) is 3.63. The molecule has 0 aliphatic rings. The lowest BCUT2D eigenvalue weighted by Crippen LogP contribution is -2.31. The lowest BCUT2D eigenvalue weighted by Gasteiger charge is -2.08. The van der Waals surface area contributed by atoms with Crippen LogP contribution in [0.5, 0.6) is 0 Å². The number of urea groups is 1. The van der Waals surface area contributed by atoms with Gasteiger partial charge in [-0.25, -0.2) is 4.79 Å². The minimum atomic E-state index is -0.283. The van der Waals surface area contributed by atoms with E-state index in [9.17, 15) is 9.59 Å². The largest absolute Gasteiger partial charge is 0.338 e. The predicted octanol–water partition coefficient (Wildman–Crippen LogP) is 3.20. The standard InChI is InChI=1S/C19H19N3O2/c1-13-6-5-7-14-12-15(18(23)22-17(13)14)10-11-20-19(24)21-16-8-3-2-4-9-16/h2-9,12H,10-11H2,1H3,(H,22,23)(H2,20,21,24). The molecule has 24 heavy (non-hydrogen) atoms. The maximum absolute atomic E-state index is 12.2. The van der Waals surface area contributed by atoms with Crippen molar-refractivity contribution in [3.05, 3.63) is 76.1 Å². The van der Waals surface area contributed by atoms with Crippen molar-refractivity contribution in [3.63, 3.8) is 0 Å². The number of para-hydroxylation sites is 2. The van der Waals surface area contributed by atoms with Crippen LogP contribution >= 0.6 is 0 Å². The summed E-state index contributed by atoms with van der Waals surface area (Å²) < 4.78 is 0. The first kappa shape index (κ1) is 15.8. The van der Waals surface area contributed by atoms with Crippen molar-refractivity contribution in [1.29, 1.82) is 0 Å². The summed E-state index contributed by atoms with van der Waals surface area (Å²) in [4.78, 5) is 26.9. The number of hydrogen-bond acceptors (Lipinski definition) is 2. The Morgan fingerprint density at radius 3 is 2.67 bits per heavy atom. The number of nitrogens with one attached hydrogen (secondary N) is 3. The quantitative estimate of drug-likeness (QED) is 0.690. The lowest BCUT2D eigenvalue weighted by molar-refractivity contribution is 0.252. The van der Waals surface area contributed by atoms with E-state index in [4.69, 9.17) is 0 Å². The van der Waals surface area contributed by atoms with Gasteiger partial charge in [-0.1, -0.05) is 36.4 Å². The molecular weight excluding hydrogens is 302 g/mol. The maximum Gasteiger partial charge on any atom is 0.319 e. The van der Waals surface area contributed by atoms with Gasteiger partial charge in [0.15, 0.2) is 0 Å². The molecule has 0 atom stereocenters. The Labute approximate surface area is 139 Å². The predicted molar refractivity (Wildman–Crippen MR) is 96.5 cm³/mol. The fraction of sp³-hybridized carbons (Fsp3) is 0.158. The summed E-state index contributed by atoms with van der Waals surface area (Å²) in [6, 6.07) is 16.7. The number of rotatable bonds is 4. The molecule has 0 aliphatic carbocycles. The van der Waals surface area contributed by atoms with E-state index in [2.05, 4.69) is 15.6 Å². The normalized spacial score (nSPS) is 10.5. The van der Waals surface area contributed by atoms with E-state index in [-0.39, 0.29) is 11.6 Å². The Morgan fingerprint density at radius 1 is 1.08 bits per heavy atom. The van der Waals surface area contributed by atoms with Gasteiger partial charge in [-0.15, -0.1) is 0 Å². The van der Waals surface area contributed by atoms with Gasteiger partial charge in [0.1, 0.15) is 0 Å². The fourth-order valence-electron chi connectivity index (χ4n) is 2.62. The molecule has 0 spiro atoms. The topological polar surface area (TPSA) is 74.0 Å². The summed E-state index contributed by atoms with van der Waals surface area (Å²) in [6.07, 6.45) is 0.474. The summed E-state index contributed by atoms with van der Waals surface area (Å²) in [5, 5.41) is 6.51. The molecule has 3 N–H and O–H groups in total. The van der Waals surface area contributed by atoms with Crippen LogP contribution in [0.1, 0.15) is 11.1 Å². The Kier molecular flexibility index (Phi) is 4.61. The second-order valence-corrected chi connectivity index (χ2v) is 5.66. The number of H-pyrrole nitrogens is 1. The molecule has 0 radical (unpaired) electrons. The lowest BCUT2D eigenvalue weighted by atomic mass is 10.1. The molecule has 0 bridgehead atoms. The van der Waals surface area contributed by atoms with Gasteiger partial charge in [0, 0.05) is 17.8 Å². The molecule has 1 aromatic heterocycles. The summed E-state index contributed by atoms with van der Waals surface area (Å²) in [6.45, 7) is 2.35. The number of amides is 2. The van der Waals surface area contributed by atoms with Gasteiger partial charge in [0.2, 0.25) is 0 Å². The van der Waals surface area contributed by atoms with E-state index in [1.165, 1.54) is 0 Å². The van der Waals surface area contributed by atoms with Gasteiger partial charge in [-0.3, -0.25) is 4.79 Å². The highest BCUT2D eigenvalue weighted by Crippen LogP contribution is 2.15. The van der Waals surface area contributed by atoms with Crippen LogP contribution in [0.15, 0.2) is 59.4 Å². The van der Waals surface area contributed by atoms with E-state index < -0.39 is 0 Å². The van der Waals surface area contributed by atoms with Gasteiger partial charge < -0.3 is 15.6 Å². The number of aromatic amines is 1. The van der Waals surface area contributed by atoms with E-state index in [0.29, 0.717) is 18.5 Å². The highest BCUT2D eigenvalue weighted by Gasteiger charge is 2.06. The average molecular weight is 321 g/mol. The Hall–Kier alpha value is -3.08. The van der Waals surface area contributed by atoms with Crippen molar-refractivity contribution in [2.45, 2.75) is 13.3 Å². The summed E-state index contributed by atoms with van der Waals surface area (Å²) in [7, 11) is 0. The molecule has 0 aliphatic heterocycles. The summed E-state index contributed by atoms with van der Waals surface area (Å²) >= 11 is 0. The third-order valence-electron chi connectivity index (χ3n) is 3.88. The second-order valence-electron chi connectivity index (χ2n) is 5.66. The van der Waals surface area contributed by atoms with Crippen LogP contribution in [-0.2, 0) is 6.42 Å². The fourth-order valence-corrected chi connectivity index (χ4v) is 2.62. The van der Waals surface area contributed by atoms with Crippen LogP contribution in [0, 0.1) is 6.92 Å². The first-order valence-electron chi connectivity index (χ1n) is 7.85. The number of pyridine rings is 1. The zero-order valence-electron chi connectivity index (χ0n) is 13.4.